The van der Waals surface area contributed by atoms with Crippen molar-refractivity contribution < 1.29 is 31.7 Å². The number of amidine groups is 1. The van der Waals surface area contributed by atoms with Gasteiger partial charge in [0.2, 0.25) is 0 Å². The minimum Gasteiger partial charge on any atom is -0.444 e. The van der Waals surface area contributed by atoms with E-state index in [0.717, 1.165) is 45.0 Å². The Morgan fingerprint density at radius 2 is 2.00 bits per heavy atom. The van der Waals surface area contributed by atoms with Crippen molar-refractivity contribution in [1.82, 2.24) is 15.5 Å². The summed E-state index contributed by atoms with van der Waals surface area (Å²) in [6, 6.07) is -0.722. The molecule has 2 aliphatic heterocycles. The molecule has 0 bridgehead atoms. The summed E-state index contributed by atoms with van der Waals surface area (Å²) >= 11 is 0. The van der Waals surface area contributed by atoms with Gasteiger partial charge in [0.25, 0.3) is 10.1 Å². The summed E-state index contributed by atoms with van der Waals surface area (Å²) in [5.74, 6) is 0.428. The Balaban J connectivity index is 2.02. The molecule has 32 heavy (non-hydrogen) atoms. The highest BCUT2D eigenvalue weighted by Gasteiger charge is 2.39. The van der Waals surface area contributed by atoms with Gasteiger partial charge in [-0.2, -0.15) is 8.42 Å². The average molecular weight is 477 g/mol. The number of nitrogens with one attached hydrogen (secondary N) is 3. The minimum absolute atomic E-state index is 0.0603. The molecule has 0 aromatic carbocycles. The van der Waals surface area contributed by atoms with Crippen LogP contribution in [0.15, 0.2) is 0 Å². The van der Waals surface area contributed by atoms with E-state index in [4.69, 9.17) is 19.1 Å². The fourth-order valence-electron chi connectivity index (χ4n) is 3.81. The number of alkyl carbamates (subject to hydrolysis) is 1. The lowest BCUT2D eigenvalue weighted by Gasteiger charge is -2.28. The second-order valence-corrected chi connectivity index (χ2v) is 11.0. The van der Waals surface area contributed by atoms with Crippen LogP contribution in [-0.4, -0.2) is 81.6 Å². The Morgan fingerprint density at radius 3 is 2.59 bits per heavy atom. The van der Waals surface area contributed by atoms with Crippen molar-refractivity contribution in [3.05, 3.63) is 0 Å². The third-order valence-electron chi connectivity index (χ3n) is 5.26. The van der Waals surface area contributed by atoms with E-state index in [2.05, 4.69) is 10.6 Å². The molecule has 2 atom stereocenters. The standard InChI is InChI=1S/C20H36N4O7S/c1-20(2,3)31-18(25)23-17(21)16(7-5-6-14-8-10-22-11-9-14)24-12-15(30-19(24)26)13-29-32(4,27)28/h14-16,22H,5-13H2,1-4H3,(H2,21,23,25). The fraction of sp³-hybridized carbons (Fsp3) is 0.850. The first kappa shape index (κ1) is 26.3. The van der Waals surface area contributed by atoms with Crippen molar-refractivity contribution >= 4 is 28.1 Å². The zero-order valence-corrected chi connectivity index (χ0v) is 20.1. The van der Waals surface area contributed by atoms with Crippen molar-refractivity contribution in [2.75, 3.05) is 32.5 Å². The molecule has 11 nitrogen and oxygen atoms in total. The van der Waals surface area contributed by atoms with E-state index < -0.39 is 40.1 Å². The summed E-state index contributed by atoms with van der Waals surface area (Å²) in [5, 5.41) is 14.2. The molecular weight excluding hydrogens is 440 g/mol. The lowest BCUT2D eigenvalue weighted by atomic mass is 9.91. The van der Waals surface area contributed by atoms with Gasteiger partial charge in [0.05, 0.1) is 18.8 Å². The fourth-order valence-corrected chi connectivity index (χ4v) is 4.20. The van der Waals surface area contributed by atoms with Crippen LogP contribution in [0.1, 0.15) is 52.9 Å². The number of carbonyl (C=O) groups excluding carboxylic acids is 2. The molecule has 0 aromatic heterocycles. The number of carbonyl (C=O) groups is 2. The summed E-state index contributed by atoms with van der Waals surface area (Å²) in [6.45, 7) is 6.90. The van der Waals surface area contributed by atoms with Crippen LogP contribution in [0.5, 0.6) is 0 Å². The molecule has 184 valence electrons. The minimum atomic E-state index is -3.67. The van der Waals surface area contributed by atoms with Crippen molar-refractivity contribution in [1.29, 1.82) is 5.41 Å². The summed E-state index contributed by atoms with van der Waals surface area (Å²) in [5.41, 5.74) is -0.727. The number of amides is 2. The lowest BCUT2D eigenvalue weighted by molar-refractivity contribution is 0.0558. The Hall–Kier alpha value is -1.92. The topological polar surface area (TPSA) is 147 Å². The zero-order chi connectivity index (χ0) is 23.9. The van der Waals surface area contributed by atoms with E-state index >= 15 is 0 Å². The van der Waals surface area contributed by atoms with E-state index in [1.165, 1.54) is 4.90 Å². The number of cyclic esters (lactones) is 1. The van der Waals surface area contributed by atoms with Gasteiger partial charge in [-0.05, 0) is 59.0 Å². The van der Waals surface area contributed by atoms with Crippen molar-refractivity contribution in [2.45, 2.75) is 70.6 Å². The maximum atomic E-state index is 12.5. The molecule has 0 radical (unpaired) electrons. The van der Waals surface area contributed by atoms with Gasteiger partial charge in [0, 0.05) is 0 Å². The highest BCUT2D eigenvalue weighted by Crippen LogP contribution is 2.23. The maximum absolute atomic E-state index is 12.5. The predicted octanol–water partition coefficient (Wildman–Crippen LogP) is 1.82. The number of piperidine rings is 1. The molecule has 0 aromatic rings. The predicted molar refractivity (Wildman–Crippen MR) is 118 cm³/mol. The molecule has 2 heterocycles. The zero-order valence-electron chi connectivity index (χ0n) is 19.3. The van der Waals surface area contributed by atoms with Gasteiger partial charge < -0.3 is 14.8 Å². The molecule has 2 amide bonds. The number of nitrogens with zero attached hydrogens (tertiary/aromatic N) is 1. The number of ether oxygens (including phenoxy) is 2. The van der Waals surface area contributed by atoms with Crippen LogP contribution in [-0.2, 0) is 23.8 Å². The summed E-state index contributed by atoms with van der Waals surface area (Å²) in [6.07, 6.45) is 3.08. The normalized spacial score (nSPS) is 21.2. The summed E-state index contributed by atoms with van der Waals surface area (Å²) < 4.78 is 37.7. The Morgan fingerprint density at radius 1 is 1.34 bits per heavy atom. The first-order valence-corrected chi connectivity index (χ1v) is 12.8. The van der Waals surface area contributed by atoms with Gasteiger partial charge in [0.15, 0.2) is 0 Å². The van der Waals surface area contributed by atoms with Crippen LogP contribution in [0, 0.1) is 11.3 Å². The molecular formula is C20H36N4O7S. The highest BCUT2D eigenvalue weighted by atomic mass is 32.2. The average Bonchev–Trinajstić information content (AvgIpc) is 3.02. The second kappa shape index (κ2) is 11.3. The van der Waals surface area contributed by atoms with Gasteiger partial charge in [0.1, 0.15) is 24.1 Å². The first-order valence-electron chi connectivity index (χ1n) is 10.9. The molecule has 2 saturated heterocycles. The molecule has 2 rings (SSSR count). The highest BCUT2D eigenvalue weighted by molar-refractivity contribution is 7.85. The van der Waals surface area contributed by atoms with E-state index in [9.17, 15) is 18.0 Å². The SMILES string of the molecule is CC(C)(C)OC(=O)NC(=N)C(CCCC1CCNCC1)N1CC(COS(C)(=O)=O)OC1=O. The van der Waals surface area contributed by atoms with Crippen molar-refractivity contribution in [3.8, 4) is 0 Å². The van der Waals surface area contributed by atoms with Gasteiger partial charge >= 0.3 is 12.2 Å². The lowest BCUT2D eigenvalue weighted by Crippen LogP contribution is -2.50. The first-order chi connectivity index (χ1) is 14.8. The van der Waals surface area contributed by atoms with Gasteiger partial charge in [-0.1, -0.05) is 12.8 Å². The summed E-state index contributed by atoms with van der Waals surface area (Å²) in [4.78, 5) is 26.0. The van der Waals surface area contributed by atoms with E-state index in [1.54, 1.807) is 20.8 Å². The quantitative estimate of drug-likeness (QED) is 0.259. The molecule has 0 aliphatic carbocycles. The molecule has 2 aliphatic rings. The molecule has 0 spiro atoms. The van der Waals surface area contributed by atoms with Crippen LogP contribution in [0.25, 0.3) is 0 Å². The smallest absolute Gasteiger partial charge is 0.413 e. The second-order valence-electron chi connectivity index (χ2n) is 9.33. The third kappa shape index (κ3) is 9.29. The number of hydrogen-bond acceptors (Lipinski definition) is 9. The molecule has 2 fully saturated rings. The van der Waals surface area contributed by atoms with Crippen LogP contribution >= 0.6 is 0 Å². The maximum Gasteiger partial charge on any atom is 0.413 e. The molecule has 0 saturated carbocycles. The van der Waals surface area contributed by atoms with Gasteiger partial charge in [-0.3, -0.25) is 19.8 Å². The molecule has 12 heteroatoms. The number of hydrogen-bond donors (Lipinski definition) is 3. The van der Waals surface area contributed by atoms with E-state index in [-0.39, 0.29) is 19.0 Å². The van der Waals surface area contributed by atoms with Crippen molar-refractivity contribution in [2.24, 2.45) is 5.92 Å². The monoisotopic (exact) mass is 476 g/mol. The third-order valence-corrected chi connectivity index (χ3v) is 5.83. The Kier molecular flexibility index (Phi) is 9.28. The van der Waals surface area contributed by atoms with E-state index in [1.807, 2.05) is 0 Å². The Labute approximate surface area is 190 Å². The van der Waals surface area contributed by atoms with Crippen LogP contribution in [0.4, 0.5) is 9.59 Å². The van der Waals surface area contributed by atoms with E-state index in [0.29, 0.717) is 12.3 Å². The molecule has 3 N–H and O–H groups in total. The summed E-state index contributed by atoms with van der Waals surface area (Å²) in [7, 11) is -3.67. The Bertz CT molecular complexity index is 775. The number of rotatable bonds is 9. The van der Waals surface area contributed by atoms with Gasteiger partial charge in [-0.15, -0.1) is 0 Å². The van der Waals surface area contributed by atoms with Crippen LogP contribution in [0.3, 0.4) is 0 Å². The van der Waals surface area contributed by atoms with Crippen LogP contribution < -0.4 is 10.6 Å². The molecule has 2 unspecified atom stereocenters. The van der Waals surface area contributed by atoms with Gasteiger partial charge in [-0.25, -0.2) is 9.59 Å². The van der Waals surface area contributed by atoms with Crippen LogP contribution in [0.2, 0.25) is 0 Å². The van der Waals surface area contributed by atoms with Crippen molar-refractivity contribution in [3.63, 3.8) is 0 Å². The largest absolute Gasteiger partial charge is 0.444 e.